The Morgan fingerprint density at radius 1 is 0.952 bits per heavy atom. The van der Waals surface area contributed by atoms with Crippen LogP contribution in [0.2, 0.25) is 0 Å². The highest BCUT2D eigenvalue weighted by atomic mass is 16.6. The number of hydrogen-bond acceptors (Lipinski definition) is 9. The average molecular weight is 571 g/mol. The smallest absolute Gasteiger partial charge is 0.494 e. The lowest BCUT2D eigenvalue weighted by Crippen LogP contribution is -2.47. The molecule has 218 valence electrons. The molecule has 1 amide bonds. The topological polar surface area (TPSA) is 108 Å². The van der Waals surface area contributed by atoms with Crippen molar-refractivity contribution in [1.29, 1.82) is 0 Å². The third kappa shape index (κ3) is 7.27. The second-order valence-corrected chi connectivity index (χ2v) is 10.6. The van der Waals surface area contributed by atoms with E-state index in [2.05, 4.69) is 11.1 Å². The normalized spacial score (nSPS) is 16.1. The molecule has 0 spiro atoms. The molecule has 11 heteroatoms. The summed E-state index contributed by atoms with van der Waals surface area (Å²) in [4.78, 5) is 44.0. The Morgan fingerprint density at radius 2 is 1.69 bits per heavy atom. The molecular formula is C31H34BN3O7. The molecule has 0 bridgehead atoms. The van der Waals surface area contributed by atoms with Gasteiger partial charge in [-0.05, 0) is 62.2 Å². The molecule has 5 rings (SSSR count). The number of aromatic nitrogens is 1. The largest absolute Gasteiger partial charge is 0.636 e. The van der Waals surface area contributed by atoms with Gasteiger partial charge in [0.15, 0.2) is 0 Å². The monoisotopic (exact) mass is 571 g/mol. The van der Waals surface area contributed by atoms with Gasteiger partial charge in [0.25, 0.3) is 0 Å². The molecule has 0 unspecified atom stereocenters. The van der Waals surface area contributed by atoms with Crippen LogP contribution in [-0.2, 0) is 30.3 Å². The molecule has 1 aromatic heterocycles. The molecule has 2 saturated heterocycles. The zero-order valence-corrected chi connectivity index (χ0v) is 24.1. The maximum Gasteiger partial charge on any atom is 0.636 e. The van der Waals surface area contributed by atoms with Gasteiger partial charge in [0.2, 0.25) is 11.8 Å². The minimum Gasteiger partial charge on any atom is -0.494 e. The summed E-state index contributed by atoms with van der Waals surface area (Å²) in [6.45, 7) is 6.16. The fourth-order valence-electron chi connectivity index (χ4n) is 5.18. The van der Waals surface area contributed by atoms with Gasteiger partial charge in [-0.25, -0.2) is 4.98 Å². The van der Waals surface area contributed by atoms with Crippen molar-refractivity contribution in [2.75, 3.05) is 39.8 Å². The van der Waals surface area contributed by atoms with E-state index < -0.39 is 19.1 Å². The van der Waals surface area contributed by atoms with E-state index in [1.807, 2.05) is 43.0 Å². The third-order valence-corrected chi connectivity index (χ3v) is 7.20. The average Bonchev–Trinajstić information content (AvgIpc) is 3.35. The summed E-state index contributed by atoms with van der Waals surface area (Å²) < 4.78 is 22.5. The molecule has 3 heterocycles. The Bertz CT molecular complexity index is 1420. The first-order valence-corrected chi connectivity index (χ1v) is 14.0. The van der Waals surface area contributed by atoms with Crippen LogP contribution in [0.25, 0.3) is 11.1 Å². The first kappa shape index (κ1) is 29.1. The number of likely N-dealkylation sites (tertiary alicyclic amines) is 1. The highest BCUT2D eigenvalue weighted by molar-refractivity contribution is 6.64. The maximum absolute atomic E-state index is 12.0. The first-order chi connectivity index (χ1) is 20.2. The van der Waals surface area contributed by atoms with E-state index in [1.165, 1.54) is 4.90 Å². The molecule has 10 nitrogen and oxygen atoms in total. The van der Waals surface area contributed by atoms with Gasteiger partial charge in [-0.3, -0.25) is 19.3 Å². The van der Waals surface area contributed by atoms with Crippen molar-refractivity contribution < 1.29 is 33.2 Å². The lowest BCUT2D eigenvalue weighted by molar-refractivity contribution is -0.145. The number of rotatable bonds is 9. The Labute approximate surface area is 245 Å². The number of carbonyl (C=O) groups excluding carboxylic acids is 3. The Morgan fingerprint density at radius 3 is 2.36 bits per heavy atom. The van der Waals surface area contributed by atoms with E-state index in [9.17, 15) is 14.4 Å². The molecule has 0 radical (unpaired) electrons. The summed E-state index contributed by atoms with van der Waals surface area (Å²) in [6.07, 6.45) is 1.54. The number of aryl methyl sites for hydroxylation is 2. The van der Waals surface area contributed by atoms with Gasteiger partial charge >= 0.3 is 19.1 Å². The molecule has 0 N–H and O–H groups in total. The molecule has 2 aromatic carbocycles. The van der Waals surface area contributed by atoms with Crippen molar-refractivity contribution >= 4 is 30.4 Å². The summed E-state index contributed by atoms with van der Waals surface area (Å²) in [5.74, 6) is 0.438. The van der Waals surface area contributed by atoms with Crippen molar-refractivity contribution in [3.05, 3.63) is 71.4 Å². The van der Waals surface area contributed by atoms with Crippen molar-refractivity contribution in [2.24, 2.45) is 0 Å². The standard InChI is InChI=1S/C31H34BN3O7/c1-21-16-27(39-15-14-35-13-5-8-28(35)36)33-22(2)31(21)24-7-4-6-23(17-24)20-40-26-11-9-25(10-12-26)32-41-29(37)18-34(3)19-30(38)42-32/h4,6-7,9-12,16-17H,5,8,13-15,18-20H2,1-3H3. The number of nitrogens with zero attached hydrogens (tertiary/aromatic N) is 3. The molecule has 0 saturated carbocycles. The molecule has 0 aliphatic carbocycles. The van der Waals surface area contributed by atoms with Crippen LogP contribution in [-0.4, -0.2) is 79.6 Å². The molecule has 2 aliphatic rings. The number of amides is 1. The van der Waals surface area contributed by atoms with Crippen LogP contribution < -0.4 is 14.9 Å². The molecule has 2 aliphatic heterocycles. The number of ether oxygens (including phenoxy) is 2. The summed E-state index contributed by atoms with van der Waals surface area (Å²) in [5.41, 5.74) is 5.51. The van der Waals surface area contributed by atoms with E-state index in [0.717, 1.165) is 40.9 Å². The molecule has 42 heavy (non-hydrogen) atoms. The summed E-state index contributed by atoms with van der Waals surface area (Å²) in [5, 5.41) is 0. The molecular weight excluding hydrogens is 537 g/mol. The predicted octanol–water partition coefficient (Wildman–Crippen LogP) is 2.67. The minimum atomic E-state index is -1.09. The maximum atomic E-state index is 12.0. The second kappa shape index (κ2) is 13.1. The molecule has 3 aromatic rings. The lowest BCUT2D eigenvalue weighted by Gasteiger charge is -2.22. The van der Waals surface area contributed by atoms with Crippen molar-refractivity contribution in [3.63, 3.8) is 0 Å². The van der Waals surface area contributed by atoms with Gasteiger partial charge < -0.3 is 23.7 Å². The van der Waals surface area contributed by atoms with Crippen LogP contribution in [0.4, 0.5) is 0 Å². The first-order valence-electron chi connectivity index (χ1n) is 14.0. The second-order valence-electron chi connectivity index (χ2n) is 10.6. The van der Waals surface area contributed by atoms with Gasteiger partial charge in [-0.15, -0.1) is 0 Å². The number of benzene rings is 2. The number of likely N-dealkylation sites (N-methyl/N-ethyl adjacent to an activating group) is 1. The zero-order valence-electron chi connectivity index (χ0n) is 24.1. The SMILES string of the molecule is Cc1cc(OCCN2CCCC2=O)nc(C)c1-c1cccc(COc2ccc(B3OC(=O)CN(C)CC(=O)O3)cc2)c1. The van der Waals surface area contributed by atoms with Crippen molar-refractivity contribution in [1.82, 2.24) is 14.8 Å². The number of carbonyl (C=O) groups is 3. The number of pyridine rings is 1. The van der Waals surface area contributed by atoms with Crippen LogP contribution >= 0.6 is 0 Å². The van der Waals surface area contributed by atoms with Crippen LogP contribution in [0.1, 0.15) is 29.7 Å². The highest BCUT2D eigenvalue weighted by Crippen LogP contribution is 2.30. The van der Waals surface area contributed by atoms with Gasteiger partial charge in [0.05, 0.1) is 19.6 Å². The number of hydrogen-bond donors (Lipinski definition) is 0. The minimum absolute atomic E-state index is 0.0148. The Hall–Kier alpha value is -4.38. The molecule has 2 fully saturated rings. The predicted molar refractivity (Wildman–Crippen MR) is 156 cm³/mol. The van der Waals surface area contributed by atoms with Crippen LogP contribution in [0.15, 0.2) is 54.6 Å². The molecule has 0 atom stereocenters. The Kier molecular flexibility index (Phi) is 9.07. The van der Waals surface area contributed by atoms with E-state index in [0.29, 0.717) is 43.3 Å². The van der Waals surface area contributed by atoms with E-state index >= 15 is 0 Å². The zero-order chi connectivity index (χ0) is 29.6. The van der Waals surface area contributed by atoms with Crippen LogP contribution in [0.5, 0.6) is 11.6 Å². The quantitative estimate of drug-likeness (QED) is 0.359. The van der Waals surface area contributed by atoms with Gasteiger partial charge in [-0.1, -0.05) is 30.3 Å². The summed E-state index contributed by atoms with van der Waals surface area (Å²) >= 11 is 0. The van der Waals surface area contributed by atoms with Crippen LogP contribution in [0.3, 0.4) is 0 Å². The third-order valence-electron chi connectivity index (χ3n) is 7.20. The van der Waals surface area contributed by atoms with Gasteiger partial charge in [-0.2, -0.15) is 0 Å². The van der Waals surface area contributed by atoms with Crippen LogP contribution in [0, 0.1) is 13.8 Å². The Balaban J connectivity index is 1.20. The fourth-order valence-corrected chi connectivity index (χ4v) is 5.18. The fraction of sp³-hybridized carbons (Fsp3) is 0.355. The highest BCUT2D eigenvalue weighted by Gasteiger charge is 2.33. The summed E-state index contributed by atoms with van der Waals surface area (Å²) in [7, 11) is 0.563. The lowest BCUT2D eigenvalue weighted by atomic mass is 9.78. The summed E-state index contributed by atoms with van der Waals surface area (Å²) in [6, 6.07) is 17.0. The van der Waals surface area contributed by atoms with E-state index in [4.69, 9.17) is 18.8 Å². The van der Waals surface area contributed by atoms with Gasteiger partial charge in [0, 0.05) is 35.8 Å². The van der Waals surface area contributed by atoms with E-state index in [-0.39, 0.29) is 19.0 Å². The van der Waals surface area contributed by atoms with E-state index in [1.54, 1.807) is 31.3 Å². The van der Waals surface area contributed by atoms with Crippen molar-refractivity contribution in [2.45, 2.75) is 33.3 Å². The van der Waals surface area contributed by atoms with Crippen molar-refractivity contribution in [3.8, 4) is 22.8 Å². The van der Waals surface area contributed by atoms with Gasteiger partial charge in [0.1, 0.15) is 19.0 Å².